The minimum absolute atomic E-state index is 0.126. The molecule has 0 bridgehead atoms. The van der Waals surface area contributed by atoms with Gasteiger partial charge in [-0.15, -0.1) is 0 Å². The van der Waals surface area contributed by atoms with Gasteiger partial charge >= 0.3 is 0 Å². The van der Waals surface area contributed by atoms with Crippen LogP contribution in [-0.4, -0.2) is 39.6 Å². The van der Waals surface area contributed by atoms with Crippen molar-refractivity contribution in [3.63, 3.8) is 0 Å². The zero-order valence-electron chi connectivity index (χ0n) is 11.2. The number of hydrogen-bond donors (Lipinski definition) is 1. The number of aromatic nitrogens is 2. The molecular formula is C12H17ClN4O2. The average Bonchev–Trinajstić information content (AvgIpc) is 2.61. The summed E-state index contributed by atoms with van der Waals surface area (Å²) in [5.41, 5.74) is 1.73. The Balaban J connectivity index is 2.03. The number of hydrogen-bond acceptors (Lipinski definition) is 4. The van der Waals surface area contributed by atoms with Gasteiger partial charge in [0.1, 0.15) is 5.15 Å². The first-order valence-electron chi connectivity index (χ1n) is 6.13. The third kappa shape index (κ3) is 2.64. The van der Waals surface area contributed by atoms with Gasteiger partial charge in [-0.2, -0.15) is 5.10 Å². The van der Waals surface area contributed by atoms with E-state index in [1.807, 2.05) is 6.92 Å². The number of rotatable bonds is 3. The topological polar surface area (TPSA) is 67.2 Å². The Labute approximate surface area is 116 Å². The second kappa shape index (κ2) is 5.30. The number of carbonyl (C=O) groups is 2. The summed E-state index contributed by atoms with van der Waals surface area (Å²) >= 11 is 6.13. The highest BCUT2D eigenvalue weighted by Gasteiger charge is 2.31. The highest BCUT2D eigenvalue weighted by Crippen LogP contribution is 2.19. The van der Waals surface area contributed by atoms with Gasteiger partial charge in [0.05, 0.1) is 11.7 Å². The molecular weight excluding hydrogens is 268 g/mol. The molecule has 1 fully saturated rings. The van der Waals surface area contributed by atoms with Crippen LogP contribution in [0.4, 0.5) is 0 Å². The average molecular weight is 285 g/mol. The van der Waals surface area contributed by atoms with Gasteiger partial charge in [0, 0.05) is 32.6 Å². The summed E-state index contributed by atoms with van der Waals surface area (Å²) in [7, 11) is 3.29. The third-order valence-electron chi connectivity index (χ3n) is 3.44. The molecule has 7 heteroatoms. The lowest BCUT2D eigenvalue weighted by molar-refractivity contribution is -0.148. The van der Waals surface area contributed by atoms with Crippen molar-refractivity contribution >= 4 is 23.4 Å². The number of carbonyl (C=O) groups excluding carboxylic acids is 2. The molecule has 0 aliphatic carbocycles. The maximum atomic E-state index is 11.9. The van der Waals surface area contributed by atoms with Crippen molar-refractivity contribution in [1.82, 2.24) is 20.0 Å². The molecule has 2 amide bonds. The molecule has 2 heterocycles. The fraction of sp³-hybridized carbons (Fsp3) is 0.583. The normalized spacial score (nSPS) is 20.2. The van der Waals surface area contributed by atoms with E-state index < -0.39 is 0 Å². The Kier molecular flexibility index (Phi) is 3.91. The van der Waals surface area contributed by atoms with E-state index in [1.54, 1.807) is 11.7 Å². The van der Waals surface area contributed by atoms with Crippen LogP contribution in [0.5, 0.6) is 0 Å². The van der Waals surface area contributed by atoms with Crippen molar-refractivity contribution in [2.24, 2.45) is 7.05 Å². The SMILES string of the molecule is Cc1nn(C)c(Cl)c1CNC1CCC(=O)N(C)C1=O. The summed E-state index contributed by atoms with van der Waals surface area (Å²) in [6, 6.07) is -0.335. The van der Waals surface area contributed by atoms with Crippen molar-refractivity contribution in [3.05, 3.63) is 16.4 Å². The Morgan fingerprint density at radius 1 is 1.42 bits per heavy atom. The highest BCUT2D eigenvalue weighted by atomic mass is 35.5. The first-order valence-corrected chi connectivity index (χ1v) is 6.51. The van der Waals surface area contributed by atoms with Crippen molar-refractivity contribution in [3.8, 4) is 0 Å². The Bertz CT molecular complexity index is 526. The molecule has 0 radical (unpaired) electrons. The number of likely N-dealkylation sites (tertiary alicyclic amines) is 1. The number of halogens is 1. The van der Waals surface area contributed by atoms with E-state index in [1.165, 1.54) is 11.9 Å². The van der Waals surface area contributed by atoms with Crippen LogP contribution in [0.15, 0.2) is 0 Å². The number of likely N-dealkylation sites (N-methyl/N-ethyl adjacent to an activating group) is 1. The van der Waals surface area contributed by atoms with Gasteiger partial charge in [-0.1, -0.05) is 11.6 Å². The standard InChI is InChI=1S/C12H17ClN4O2/c1-7-8(11(13)17(3)15-7)6-14-9-4-5-10(18)16(2)12(9)19/h9,14H,4-6H2,1-3H3. The van der Waals surface area contributed by atoms with E-state index in [9.17, 15) is 9.59 Å². The van der Waals surface area contributed by atoms with Crippen LogP contribution in [0.3, 0.4) is 0 Å². The van der Waals surface area contributed by atoms with Gasteiger partial charge in [0.25, 0.3) is 0 Å². The first-order chi connectivity index (χ1) is 8.91. The van der Waals surface area contributed by atoms with Crippen LogP contribution in [-0.2, 0) is 23.2 Å². The second-order valence-electron chi connectivity index (χ2n) is 4.74. The van der Waals surface area contributed by atoms with E-state index in [0.29, 0.717) is 24.5 Å². The lowest BCUT2D eigenvalue weighted by atomic mass is 10.0. The van der Waals surface area contributed by atoms with Crippen LogP contribution < -0.4 is 5.32 Å². The van der Waals surface area contributed by atoms with Gasteiger partial charge in [-0.25, -0.2) is 0 Å². The summed E-state index contributed by atoms with van der Waals surface area (Å²) in [6.07, 6.45) is 0.915. The first kappa shape index (κ1) is 14.0. The smallest absolute Gasteiger partial charge is 0.246 e. The predicted molar refractivity (Wildman–Crippen MR) is 70.6 cm³/mol. The van der Waals surface area contributed by atoms with Gasteiger partial charge in [-0.3, -0.25) is 19.2 Å². The van der Waals surface area contributed by atoms with Gasteiger partial charge in [0.15, 0.2) is 0 Å². The number of imide groups is 1. The Morgan fingerprint density at radius 2 is 2.11 bits per heavy atom. The molecule has 1 saturated heterocycles. The molecule has 1 aromatic heterocycles. The van der Waals surface area contributed by atoms with Crippen molar-refractivity contribution in [2.75, 3.05) is 7.05 Å². The number of aryl methyl sites for hydroxylation is 2. The molecule has 104 valence electrons. The lowest BCUT2D eigenvalue weighted by Gasteiger charge is -2.28. The zero-order valence-corrected chi connectivity index (χ0v) is 12.0. The lowest BCUT2D eigenvalue weighted by Crippen LogP contribution is -2.51. The molecule has 1 atom stereocenters. The maximum absolute atomic E-state index is 11.9. The highest BCUT2D eigenvalue weighted by molar-refractivity contribution is 6.30. The van der Waals surface area contributed by atoms with E-state index in [4.69, 9.17) is 11.6 Å². The molecule has 1 aliphatic rings. The van der Waals surface area contributed by atoms with Crippen molar-refractivity contribution in [2.45, 2.75) is 32.4 Å². The van der Waals surface area contributed by atoms with Gasteiger partial charge in [0.2, 0.25) is 11.8 Å². The van der Waals surface area contributed by atoms with Crippen LogP contribution in [0.2, 0.25) is 5.15 Å². The predicted octanol–water partition coefficient (Wildman–Crippen LogP) is 0.619. The van der Waals surface area contributed by atoms with E-state index in [2.05, 4.69) is 10.4 Å². The molecule has 0 saturated carbocycles. The summed E-state index contributed by atoms with van der Waals surface area (Å²) in [5.74, 6) is -0.312. The Hall–Kier alpha value is -1.40. The van der Waals surface area contributed by atoms with Crippen molar-refractivity contribution in [1.29, 1.82) is 0 Å². The van der Waals surface area contributed by atoms with Crippen LogP contribution in [0.25, 0.3) is 0 Å². The number of nitrogens with zero attached hydrogens (tertiary/aromatic N) is 3. The van der Waals surface area contributed by atoms with Crippen LogP contribution in [0.1, 0.15) is 24.1 Å². The van der Waals surface area contributed by atoms with Crippen LogP contribution >= 0.6 is 11.6 Å². The largest absolute Gasteiger partial charge is 0.302 e. The van der Waals surface area contributed by atoms with E-state index in [-0.39, 0.29) is 17.9 Å². The number of piperidine rings is 1. The summed E-state index contributed by atoms with van der Waals surface area (Å²) in [4.78, 5) is 24.5. The number of nitrogens with one attached hydrogen (secondary N) is 1. The molecule has 1 unspecified atom stereocenters. The quantitative estimate of drug-likeness (QED) is 0.826. The molecule has 19 heavy (non-hydrogen) atoms. The van der Waals surface area contributed by atoms with Crippen molar-refractivity contribution < 1.29 is 9.59 Å². The molecule has 6 nitrogen and oxygen atoms in total. The molecule has 1 aromatic rings. The van der Waals surface area contributed by atoms with Gasteiger partial charge in [-0.05, 0) is 13.3 Å². The minimum Gasteiger partial charge on any atom is -0.302 e. The zero-order chi connectivity index (χ0) is 14.2. The molecule has 1 N–H and O–H groups in total. The van der Waals surface area contributed by atoms with E-state index >= 15 is 0 Å². The van der Waals surface area contributed by atoms with Crippen LogP contribution in [0, 0.1) is 6.92 Å². The fourth-order valence-electron chi connectivity index (χ4n) is 2.20. The molecule has 2 rings (SSSR count). The maximum Gasteiger partial charge on any atom is 0.246 e. The fourth-order valence-corrected chi connectivity index (χ4v) is 2.45. The molecule has 1 aliphatic heterocycles. The van der Waals surface area contributed by atoms with Gasteiger partial charge < -0.3 is 5.32 Å². The van der Waals surface area contributed by atoms with E-state index in [0.717, 1.165) is 11.3 Å². The molecule has 0 aromatic carbocycles. The minimum atomic E-state index is -0.335. The monoisotopic (exact) mass is 284 g/mol. The Morgan fingerprint density at radius 3 is 2.68 bits per heavy atom. The second-order valence-corrected chi connectivity index (χ2v) is 5.10. The summed E-state index contributed by atoms with van der Waals surface area (Å²) < 4.78 is 1.60. The summed E-state index contributed by atoms with van der Waals surface area (Å²) in [5, 5.41) is 7.94. The number of amides is 2. The molecule has 0 spiro atoms. The third-order valence-corrected chi connectivity index (χ3v) is 3.92. The summed E-state index contributed by atoms with van der Waals surface area (Å²) in [6.45, 7) is 2.35.